The molecule has 1 amide bonds. The van der Waals surface area contributed by atoms with Gasteiger partial charge in [0.1, 0.15) is 17.3 Å². The number of nitrogens with one attached hydrogen (secondary N) is 2. The lowest BCUT2D eigenvalue weighted by Gasteiger charge is -2.17. The molecule has 0 unspecified atom stereocenters. The molecule has 0 saturated carbocycles. The van der Waals surface area contributed by atoms with Gasteiger partial charge in [0, 0.05) is 36.2 Å². The maximum absolute atomic E-state index is 12.7. The number of aryl methyl sites for hydroxylation is 1. The molecular formula is C23H22N6O. The number of nitrogens with zero attached hydrogens (tertiary/aromatic N) is 4. The highest BCUT2D eigenvalue weighted by Crippen LogP contribution is 2.23. The summed E-state index contributed by atoms with van der Waals surface area (Å²) in [5.41, 5.74) is 3.42. The average Bonchev–Trinajstić information content (AvgIpc) is 3.29. The second-order valence-electron chi connectivity index (χ2n) is 7.20. The number of hydrogen-bond donors (Lipinski definition) is 2. The highest BCUT2D eigenvalue weighted by atomic mass is 16.1. The quantitative estimate of drug-likeness (QED) is 0.667. The van der Waals surface area contributed by atoms with Crippen molar-refractivity contribution in [2.75, 3.05) is 28.6 Å². The maximum atomic E-state index is 12.7. The van der Waals surface area contributed by atoms with Crippen LogP contribution in [0.2, 0.25) is 0 Å². The van der Waals surface area contributed by atoms with Gasteiger partial charge in [-0.3, -0.25) is 4.79 Å². The van der Waals surface area contributed by atoms with Gasteiger partial charge < -0.3 is 15.5 Å². The third kappa shape index (κ3) is 4.55. The van der Waals surface area contributed by atoms with Gasteiger partial charge in [0.25, 0.3) is 5.91 Å². The van der Waals surface area contributed by atoms with Crippen molar-refractivity contribution in [1.82, 2.24) is 9.97 Å². The zero-order valence-corrected chi connectivity index (χ0v) is 16.7. The Morgan fingerprint density at radius 2 is 1.80 bits per heavy atom. The number of amides is 1. The zero-order valence-electron chi connectivity index (χ0n) is 16.7. The number of carbonyl (C=O) groups excluding carboxylic acids is 1. The molecule has 2 heterocycles. The van der Waals surface area contributed by atoms with Gasteiger partial charge in [-0.05, 0) is 62.2 Å². The first-order valence-electron chi connectivity index (χ1n) is 9.90. The Hall–Kier alpha value is -3.92. The van der Waals surface area contributed by atoms with Crippen LogP contribution in [0, 0.1) is 18.3 Å². The van der Waals surface area contributed by atoms with Crippen molar-refractivity contribution in [2.45, 2.75) is 19.8 Å². The molecule has 4 rings (SSSR count). The van der Waals surface area contributed by atoms with Crippen LogP contribution in [0.5, 0.6) is 0 Å². The van der Waals surface area contributed by atoms with Crippen LogP contribution in [0.25, 0.3) is 0 Å². The molecule has 150 valence electrons. The third-order valence-electron chi connectivity index (χ3n) is 4.93. The Morgan fingerprint density at radius 1 is 1.03 bits per heavy atom. The largest absolute Gasteiger partial charge is 0.372 e. The topological polar surface area (TPSA) is 93.9 Å². The van der Waals surface area contributed by atoms with E-state index < -0.39 is 0 Å². The summed E-state index contributed by atoms with van der Waals surface area (Å²) in [4.78, 5) is 23.7. The fourth-order valence-electron chi connectivity index (χ4n) is 3.49. The lowest BCUT2D eigenvalue weighted by molar-refractivity contribution is 0.102. The van der Waals surface area contributed by atoms with Crippen LogP contribution in [0.1, 0.15) is 34.7 Å². The van der Waals surface area contributed by atoms with Crippen molar-refractivity contribution in [3.8, 4) is 6.07 Å². The molecule has 1 fully saturated rings. The van der Waals surface area contributed by atoms with E-state index in [1.165, 1.54) is 18.5 Å². The normalized spacial score (nSPS) is 13.0. The molecule has 2 N–H and O–H groups in total. The van der Waals surface area contributed by atoms with E-state index in [1.807, 2.05) is 30.3 Å². The fourth-order valence-corrected chi connectivity index (χ4v) is 3.49. The summed E-state index contributed by atoms with van der Waals surface area (Å²) in [6, 6.07) is 18.6. The van der Waals surface area contributed by atoms with Crippen LogP contribution in [-0.2, 0) is 0 Å². The molecule has 1 aromatic heterocycles. The van der Waals surface area contributed by atoms with Gasteiger partial charge in [-0.2, -0.15) is 5.26 Å². The summed E-state index contributed by atoms with van der Waals surface area (Å²) in [7, 11) is 0. The maximum Gasteiger partial charge on any atom is 0.274 e. The minimum atomic E-state index is -0.303. The van der Waals surface area contributed by atoms with Gasteiger partial charge in [-0.1, -0.05) is 6.07 Å². The Labute approximate surface area is 175 Å². The number of benzene rings is 2. The average molecular weight is 398 g/mol. The predicted octanol–water partition coefficient (Wildman–Crippen LogP) is 4.25. The Balaban J connectivity index is 1.47. The summed E-state index contributed by atoms with van der Waals surface area (Å²) < 4.78 is 0. The van der Waals surface area contributed by atoms with Crippen molar-refractivity contribution in [2.24, 2.45) is 0 Å². The van der Waals surface area contributed by atoms with Crippen LogP contribution in [-0.4, -0.2) is 29.0 Å². The minimum Gasteiger partial charge on any atom is -0.372 e. The molecule has 3 aromatic rings. The zero-order chi connectivity index (χ0) is 20.9. The van der Waals surface area contributed by atoms with Gasteiger partial charge >= 0.3 is 0 Å². The van der Waals surface area contributed by atoms with Gasteiger partial charge in [0.05, 0.1) is 11.6 Å². The summed E-state index contributed by atoms with van der Waals surface area (Å²) in [5.74, 6) is 0.668. The molecule has 0 radical (unpaired) electrons. The lowest BCUT2D eigenvalue weighted by Crippen LogP contribution is -2.18. The van der Waals surface area contributed by atoms with Crippen LogP contribution >= 0.6 is 0 Å². The predicted molar refractivity (Wildman–Crippen MR) is 117 cm³/mol. The van der Waals surface area contributed by atoms with Crippen LogP contribution in [0.3, 0.4) is 0 Å². The first-order chi connectivity index (χ1) is 14.6. The molecule has 0 bridgehead atoms. The van der Waals surface area contributed by atoms with Crippen molar-refractivity contribution >= 4 is 28.8 Å². The highest BCUT2D eigenvalue weighted by molar-refractivity contribution is 6.03. The molecular weight excluding hydrogens is 376 g/mol. The molecule has 1 aliphatic rings. The van der Waals surface area contributed by atoms with E-state index in [0.29, 0.717) is 17.2 Å². The smallest absolute Gasteiger partial charge is 0.274 e. The van der Waals surface area contributed by atoms with Crippen molar-refractivity contribution < 1.29 is 4.79 Å². The Bertz CT molecular complexity index is 1100. The molecule has 1 saturated heterocycles. The number of carbonyl (C=O) groups is 1. The number of hydrogen-bond acceptors (Lipinski definition) is 6. The first-order valence-corrected chi connectivity index (χ1v) is 9.90. The van der Waals surface area contributed by atoms with E-state index in [2.05, 4.69) is 31.6 Å². The summed E-state index contributed by atoms with van der Waals surface area (Å²) in [6.45, 7) is 3.90. The van der Waals surface area contributed by atoms with Crippen LogP contribution in [0.4, 0.5) is 22.9 Å². The Kier molecular flexibility index (Phi) is 5.57. The minimum absolute atomic E-state index is 0.269. The number of rotatable bonds is 5. The SMILES string of the molecule is Cc1nc(Nc2cccc(C#N)c2)cc(C(=O)Nc2ccc(N3CCCC3)cc2)n1. The van der Waals surface area contributed by atoms with E-state index in [4.69, 9.17) is 5.26 Å². The lowest BCUT2D eigenvalue weighted by atomic mass is 10.2. The van der Waals surface area contributed by atoms with E-state index in [-0.39, 0.29) is 11.6 Å². The van der Waals surface area contributed by atoms with Gasteiger partial charge in [0.15, 0.2) is 0 Å². The number of nitriles is 1. The van der Waals surface area contributed by atoms with E-state index in [9.17, 15) is 4.79 Å². The van der Waals surface area contributed by atoms with E-state index in [0.717, 1.165) is 24.5 Å². The molecule has 0 atom stereocenters. The number of aromatic nitrogens is 2. The summed E-state index contributed by atoms with van der Waals surface area (Å²) in [6.07, 6.45) is 2.45. The molecule has 7 heteroatoms. The van der Waals surface area contributed by atoms with Crippen molar-refractivity contribution in [1.29, 1.82) is 5.26 Å². The monoisotopic (exact) mass is 398 g/mol. The first kappa shape index (κ1) is 19.4. The van der Waals surface area contributed by atoms with Crippen molar-refractivity contribution in [3.63, 3.8) is 0 Å². The fraction of sp³-hybridized carbons (Fsp3) is 0.217. The van der Waals surface area contributed by atoms with Gasteiger partial charge in [-0.15, -0.1) is 0 Å². The van der Waals surface area contributed by atoms with Crippen LogP contribution in [0.15, 0.2) is 54.6 Å². The second kappa shape index (κ2) is 8.62. The van der Waals surface area contributed by atoms with Crippen LogP contribution < -0.4 is 15.5 Å². The Morgan fingerprint density at radius 3 is 2.53 bits per heavy atom. The van der Waals surface area contributed by atoms with E-state index in [1.54, 1.807) is 31.2 Å². The highest BCUT2D eigenvalue weighted by Gasteiger charge is 2.14. The molecule has 0 spiro atoms. The molecule has 7 nitrogen and oxygen atoms in total. The molecule has 30 heavy (non-hydrogen) atoms. The molecule has 1 aliphatic heterocycles. The van der Waals surface area contributed by atoms with E-state index >= 15 is 0 Å². The molecule has 2 aromatic carbocycles. The van der Waals surface area contributed by atoms with Crippen molar-refractivity contribution in [3.05, 3.63) is 71.7 Å². The third-order valence-corrected chi connectivity index (χ3v) is 4.93. The van der Waals surface area contributed by atoms with Gasteiger partial charge in [-0.25, -0.2) is 9.97 Å². The standard InChI is InChI=1S/C23H22N6O/c1-16-25-21(14-22(26-16)27-19-6-4-5-17(13-19)15-24)23(30)28-18-7-9-20(10-8-18)29-11-2-3-12-29/h4-10,13-14H,2-3,11-12H2,1H3,(H,28,30)(H,25,26,27). The molecule has 0 aliphatic carbocycles. The second-order valence-corrected chi connectivity index (χ2v) is 7.20. The summed E-state index contributed by atoms with van der Waals surface area (Å²) in [5, 5.41) is 15.1. The summed E-state index contributed by atoms with van der Waals surface area (Å²) >= 11 is 0. The number of anilines is 4. The van der Waals surface area contributed by atoms with Gasteiger partial charge in [0.2, 0.25) is 0 Å².